The number of carbonyl (C=O) groups is 1. The highest BCUT2D eigenvalue weighted by atomic mass is 32.2. The van der Waals surface area contributed by atoms with Gasteiger partial charge in [-0.15, -0.1) is 0 Å². The first-order valence-electron chi connectivity index (χ1n) is 9.46. The third kappa shape index (κ3) is 4.98. The molecule has 0 spiro atoms. The number of likely N-dealkylation sites (tertiary alicyclic amines) is 1. The molecule has 0 atom stereocenters. The maximum atomic E-state index is 12.6. The van der Waals surface area contributed by atoms with Crippen LogP contribution in [0.3, 0.4) is 0 Å². The summed E-state index contributed by atoms with van der Waals surface area (Å²) in [6.45, 7) is 2.23. The average molecular weight is 402 g/mol. The molecule has 1 fully saturated rings. The van der Waals surface area contributed by atoms with Crippen molar-refractivity contribution in [1.29, 1.82) is 0 Å². The Morgan fingerprint density at radius 2 is 1.68 bits per heavy atom. The highest BCUT2D eigenvalue weighted by Gasteiger charge is 2.21. The molecule has 1 saturated heterocycles. The summed E-state index contributed by atoms with van der Waals surface area (Å²) in [6, 6.07) is 15.7. The number of hydrogen-bond acceptors (Lipinski definition) is 4. The van der Waals surface area contributed by atoms with Crippen LogP contribution < -0.4 is 5.32 Å². The summed E-state index contributed by atoms with van der Waals surface area (Å²) in [5.41, 5.74) is 1.43. The van der Waals surface area contributed by atoms with Crippen LogP contribution in [0.2, 0.25) is 0 Å². The molecular weight excluding hydrogens is 374 g/mol. The van der Waals surface area contributed by atoms with Crippen LogP contribution >= 0.6 is 0 Å². The number of sulfonamides is 1. The minimum atomic E-state index is -3.54. The summed E-state index contributed by atoms with van der Waals surface area (Å²) in [4.78, 5) is 15.0. The van der Waals surface area contributed by atoms with Crippen molar-refractivity contribution in [2.24, 2.45) is 0 Å². The number of rotatable bonds is 6. The monoisotopic (exact) mass is 401 g/mol. The molecule has 3 rings (SSSR count). The van der Waals surface area contributed by atoms with Gasteiger partial charge in [-0.05, 0) is 62.8 Å². The second kappa shape index (κ2) is 8.86. The van der Waals surface area contributed by atoms with E-state index in [0.29, 0.717) is 5.56 Å². The number of piperidine rings is 1. The normalized spacial score (nSPS) is 16.2. The Bertz CT molecular complexity index is 890. The van der Waals surface area contributed by atoms with Crippen molar-refractivity contribution in [2.75, 3.05) is 27.2 Å². The fourth-order valence-electron chi connectivity index (χ4n) is 3.30. The van der Waals surface area contributed by atoms with Crippen LogP contribution in [0.25, 0.3) is 0 Å². The number of carbonyl (C=O) groups excluding carboxylic acids is 1. The molecule has 28 heavy (non-hydrogen) atoms. The van der Waals surface area contributed by atoms with Gasteiger partial charge < -0.3 is 10.2 Å². The third-order valence-electron chi connectivity index (χ3n) is 5.13. The van der Waals surface area contributed by atoms with Crippen molar-refractivity contribution in [3.63, 3.8) is 0 Å². The van der Waals surface area contributed by atoms with Gasteiger partial charge in [0, 0.05) is 25.2 Å². The molecule has 2 aromatic rings. The first-order valence-corrected chi connectivity index (χ1v) is 10.9. The van der Waals surface area contributed by atoms with Gasteiger partial charge in [0.25, 0.3) is 5.91 Å². The van der Waals surface area contributed by atoms with Gasteiger partial charge in [-0.3, -0.25) is 4.79 Å². The lowest BCUT2D eigenvalue weighted by atomic mass is 10.0. The molecule has 150 valence electrons. The summed E-state index contributed by atoms with van der Waals surface area (Å²) in [5.74, 6) is -0.0774. The second-order valence-electron chi connectivity index (χ2n) is 7.32. The van der Waals surface area contributed by atoms with Gasteiger partial charge >= 0.3 is 0 Å². The molecule has 0 saturated carbocycles. The predicted molar refractivity (Wildman–Crippen MR) is 110 cm³/mol. The lowest BCUT2D eigenvalue weighted by Gasteiger charge is -2.29. The van der Waals surface area contributed by atoms with Crippen LogP contribution in [0.1, 0.15) is 28.8 Å². The molecule has 0 unspecified atom stereocenters. The van der Waals surface area contributed by atoms with Crippen LogP contribution in [0.4, 0.5) is 0 Å². The first-order chi connectivity index (χ1) is 13.4. The summed E-state index contributed by atoms with van der Waals surface area (Å²) < 4.78 is 26.5. The quantitative estimate of drug-likeness (QED) is 0.807. The number of benzene rings is 2. The molecule has 2 aromatic carbocycles. The van der Waals surface area contributed by atoms with Gasteiger partial charge in [0.2, 0.25) is 10.0 Å². The SMILES string of the molecule is CN1CCC(NC(=O)c2ccc(CN(C)S(=O)(=O)c3ccccc3)cc2)CC1. The van der Waals surface area contributed by atoms with Crippen molar-refractivity contribution < 1.29 is 13.2 Å². The number of amides is 1. The summed E-state index contributed by atoms with van der Waals surface area (Å²) >= 11 is 0. The molecule has 0 bridgehead atoms. The fourth-order valence-corrected chi connectivity index (χ4v) is 4.48. The molecule has 0 radical (unpaired) electrons. The average Bonchev–Trinajstić information content (AvgIpc) is 2.71. The zero-order valence-electron chi connectivity index (χ0n) is 16.3. The zero-order valence-corrected chi connectivity index (χ0v) is 17.2. The first kappa shape index (κ1) is 20.5. The van der Waals surface area contributed by atoms with Gasteiger partial charge in [0.1, 0.15) is 0 Å². The Kier molecular flexibility index (Phi) is 6.49. The Morgan fingerprint density at radius 1 is 1.07 bits per heavy atom. The summed E-state index contributed by atoms with van der Waals surface area (Å²) in [7, 11) is 0.110. The molecule has 1 N–H and O–H groups in total. The molecular formula is C21H27N3O3S. The summed E-state index contributed by atoms with van der Waals surface area (Å²) in [5, 5.41) is 3.09. The number of nitrogens with one attached hydrogen (secondary N) is 1. The van der Waals surface area contributed by atoms with E-state index in [2.05, 4.69) is 17.3 Å². The van der Waals surface area contributed by atoms with Crippen LogP contribution in [-0.2, 0) is 16.6 Å². The largest absolute Gasteiger partial charge is 0.349 e. The van der Waals surface area contributed by atoms with E-state index < -0.39 is 10.0 Å². The lowest BCUT2D eigenvalue weighted by Crippen LogP contribution is -2.43. The van der Waals surface area contributed by atoms with Gasteiger partial charge in [-0.2, -0.15) is 4.31 Å². The van der Waals surface area contributed by atoms with E-state index in [9.17, 15) is 13.2 Å². The van der Waals surface area contributed by atoms with Crippen molar-refractivity contribution in [3.8, 4) is 0 Å². The van der Waals surface area contributed by atoms with Crippen molar-refractivity contribution in [2.45, 2.75) is 30.3 Å². The van der Waals surface area contributed by atoms with E-state index in [4.69, 9.17) is 0 Å². The van der Waals surface area contributed by atoms with Crippen molar-refractivity contribution in [3.05, 3.63) is 65.7 Å². The molecule has 1 heterocycles. The maximum absolute atomic E-state index is 12.6. The molecule has 0 aliphatic carbocycles. The second-order valence-corrected chi connectivity index (χ2v) is 9.37. The lowest BCUT2D eigenvalue weighted by molar-refractivity contribution is 0.0917. The Labute approximate surface area is 167 Å². The minimum absolute atomic E-state index is 0.0774. The predicted octanol–water partition coefficient (Wildman–Crippen LogP) is 2.33. The van der Waals surface area contributed by atoms with Crippen molar-refractivity contribution in [1.82, 2.24) is 14.5 Å². The molecule has 0 aromatic heterocycles. The third-order valence-corrected chi connectivity index (χ3v) is 6.94. The highest BCUT2D eigenvalue weighted by molar-refractivity contribution is 7.89. The topological polar surface area (TPSA) is 69.7 Å². The molecule has 1 aliphatic rings. The number of nitrogens with zero attached hydrogens (tertiary/aromatic N) is 2. The standard InChI is InChI=1S/C21H27N3O3S/c1-23-14-12-19(13-15-23)22-21(25)18-10-8-17(9-11-18)16-24(2)28(26,27)20-6-4-3-5-7-20/h3-11,19H,12-16H2,1-2H3,(H,22,25). The fraction of sp³-hybridized carbons (Fsp3) is 0.381. The van der Waals surface area contributed by atoms with E-state index in [1.165, 1.54) is 4.31 Å². The summed E-state index contributed by atoms with van der Waals surface area (Å²) in [6.07, 6.45) is 1.92. The van der Waals surface area contributed by atoms with Crippen LogP contribution in [0.15, 0.2) is 59.5 Å². The molecule has 7 heteroatoms. The van der Waals surface area contributed by atoms with Gasteiger partial charge in [-0.25, -0.2) is 8.42 Å². The smallest absolute Gasteiger partial charge is 0.251 e. The van der Waals surface area contributed by atoms with E-state index in [1.54, 1.807) is 61.6 Å². The van der Waals surface area contributed by atoms with Crippen LogP contribution in [-0.4, -0.2) is 56.8 Å². The molecule has 1 aliphatic heterocycles. The van der Waals surface area contributed by atoms with Crippen molar-refractivity contribution >= 4 is 15.9 Å². The maximum Gasteiger partial charge on any atom is 0.251 e. The Hall–Kier alpha value is -2.22. The van der Waals surface area contributed by atoms with E-state index in [-0.39, 0.29) is 23.4 Å². The van der Waals surface area contributed by atoms with E-state index in [1.807, 2.05) is 0 Å². The highest BCUT2D eigenvalue weighted by Crippen LogP contribution is 2.17. The van der Waals surface area contributed by atoms with E-state index >= 15 is 0 Å². The zero-order chi connectivity index (χ0) is 20.1. The molecule has 1 amide bonds. The van der Waals surface area contributed by atoms with E-state index in [0.717, 1.165) is 31.5 Å². The van der Waals surface area contributed by atoms with Gasteiger partial charge in [-0.1, -0.05) is 30.3 Å². The van der Waals surface area contributed by atoms with Gasteiger partial charge in [0.15, 0.2) is 0 Å². The Balaban J connectivity index is 1.60. The molecule has 6 nitrogen and oxygen atoms in total. The van der Waals surface area contributed by atoms with Gasteiger partial charge in [0.05, 0.1) is 4.90 Å². The Morgan fingerprint density at radius 3 is 2.29 bits per heavy atom. The van der Waals surface area contributed by atoms with Crippen LogP contribution in [0, 0.1) is 0 Å². The van der Waals surface area contributed by atoms with Crippen LogP contribution in [0.5, 0.6) is 0 Å². The minimum Gasteiger partial charge on any atom is -0.349 e. The number of hydrogen-bond donors (Lipinski definition) is 1.